The van der Waals surface area contributed by atoms with Gasteiger partial charge in [0.2, 0.25) is 0 Å². The molecule has 122 valence electrons. The molecule has 1 aromatic heterocycles. The van der Waals surface area contributed by atoms with Crippen LogP contribution in [0.2, 0.25) is 0 Å². The van der Waals surface area contributed by atoms with Gasteiger partial charge in [0.1, 0.15) is 0 Å². The first kappa shape index (κ1) is 16.6. The number of carbonyl (C=O) groups excluding carboxylic acids is 1. The fraction of sp³-hybridized carbons (Fsp3) is 0.353. The van der Waals surface area contributed by atoms with E-state index >= 15 is 0 Å². The molecule has 1 atom stereocenters. The Bertz CT molecular complexity index is 625. The summed E-state index contributed by atoms with van der Waals surface area (Å²) in [6.45, 7) is 2.66. The van der Waals surface area contributed by atoms with Crippen LogP contribution in [0.4, 0.5) is 0 Å². The average molecular weight is 395 g/mol. The summed E-state index contributed by atoms with van der Waals surface area (Å²) in [6, 6.07) is 9.55. The average Bonchev–Trinajstić information content (AvgIpc) is 3.11. The number of nitrogens with zero attached hydrogens (tertiary/aromatic N) is 1. The van der Waals surface area contributed by atoms with E-state index in [-0.39, 0.29) is 11.9 Å². The summed E-state index contributed by atoms with van der Waals surface area (Å²) >= 11 is 5.36. The van der Waals surface area contributed by atoms with Gasteiger partial charge in [-0.3, -0.25) is 9.69 Å². The van der Waals surface area contributed by atoms with E-state index in [9.17, 15) is 4.79 Å². The van der Waals surface area contributed by atoms with E-state index in [0.717, 1.165) is 34.6 Å². The summed E-state index contributed by atoms with van der Waals surface area (Å²) in [7, 11) is 0. The topological polar surface area (TPSA) is 45.5 Å². The van der Waals surface area contributed by atoms with Gasteiger partial charge in [-0.25, -0.2) is 0 Å². The van der Waals surface area contributed by atoms with Crippen molar-refractivity contribution in [2.24, 2.45) is 0 Å². The van der Waals surface area contributed by atoms with E-state index in [0.29, 0.717) is 12.1 Å². The summed E-state index contributed by atoms with van der Waals surface area (Å²) < 4.78 is 6.21. The summed E-state index contributed by atoms with van der Waals surface area (Å²) in [5.74, 6) is 2.22. The lowest BCUT2D eigenvalue weighted by molar-refractivity contribution is 0.0934. The monoisotopic (exact) mass is 394 g/mol. The summed E-state index contributed by atoms with van der Waals surface area (Å²) in [5.41, 5.74) is 1.79. The van der Waals surface area contributed by atoms with Crippen molar-refractivity contribution in [1.29, 1.82) is 0 Å². The minimum Gasteiger partial charge on any atom is -0.472 e. The number of hydrogen-bond donors (Lipinski definition) is 1. The minimum atomic E-state index is -0.0441. The largest absolute Gasteiger partial charge is 0.472 e. The van der Waals surface area contributed by atoms with E-state index in [2.05, 4.69) is 26.1 Å². The molecule has 6 heteroatoms. The molecule has 0 bridgehead atoms. The van der Waals surface area contributed by atoms with Gasteiger partial charge >= 0.3 is 0 Å². The van der Waals surface area contributed by atoms with E-state index in [4.69, 9.17) is 4.42 Å². The highest BCUT2D eigenvalue weighted by Gasteiger charge is 2.24. The minimum absolute atomic E-state index is 0.0441. The van der Waals surface area contributed by atoms with Crippen LogP contribution in [0.1, 0.15) is 22.0 Å². The second-order valence-corrected chi connectivity index (χ2v) is 7.58. The third-order valence-corrected chi connectivity index (χ3v) is 5.45. The molecule has 2 heterocycles. The van der Waals surface area contributed by atoms with Crippen LogP contribution in [0.3, 0.4) is 0 Å². The van der Waals surface area contributed by atoms with Gasteiger partial charge in [0, 0.05) is 46.7 Å². The van der Waals surface area contributed by atoms with Crippen LogP contribution in [0.5, 0.6) is 0 Å². The number of benzene rings is 1. The maximum absolute atomic E-state index is 12.3. The van der Waals surface area contributed by atoms with Crippen molar-refractivity contribution in [1.82, 2.24) is 10.2 Å². The Hall–Kier alpha value is -1.24. The number of rotatable bonds is 5. The molecule has 0 spiro atoms. The first-order chi connectivity index (χ1) is 11.2. The molecule has 2 aromatic rings. The molecule has 0 radical (unpaired) electrons. The third kappa shape index (κ3) is 4.40. The lowest BCUT2D eigenvalue weighted by Crippen LogP contribution is -2.41. The molecule has 1 fully saturated rings. The van der Waals surface area contributed by atoms with Crippen molar-refractivity contribution in [3.05, 3.63) is 58.5 Å². The zero-order chi connectivity index (χ0) is 16.1. The zero-order valence-corrected chi connectivity index (χ0v) is 15.1. The Morgan fingerprint density at radius 2 is 2.00 bits per heavy atom. The zero-order valence-electron chi connectivity index (χ0n) is 12.7. The van der Waals surface area contributed by atoms with Crippen molar-refractivity contribution < 1.29 is 9.21 Å². The second kappa shape index (κ2) is 8.04. The molecule has 3 rings (SSSR count). The molecule has 0 aliphatic carbocycles. The van der Waals surface area contributed by atoms with Gasteiger partial charge in [-0.2, -0.15) is 11.8 Å². The number of nitrogens with one attached hydrogen (secondary N) is 1. The molecule has 0 saturated carbocycles. The maximum Gasteiger partial charge on any atom is 0.251 e. The molecule has 1 amide bonds. The first-order valence-electron chi connectivity index (χ1n) is 7.62. The molecular weight excluding hydrogens is 376 g/mol. The molecule has 1 aromatic carbocycles. The Balaban J connectivity index is 1.66. The highest BCUT2D eigenvalue weighted by atomic mass is 79.9. The fourth-order valence-electron chi connectivity index (χ4n) is 2.70. The normalized spacial score (nSPS) is 16.9. The van der Waals surface area contributed by atoms with E-state index in [1.54, 1.807) is 12.5 Å². The number of halogens is 1. The van der Waals surface area contributed by atoms with Crippen LogP contribution < -0.4 is 5.32 Å². The van der Waals surface area contributed by atoms with Gasteiger partial charge in [-0.05, 0) is 30.3 Å². The van der Waals surface area contributed by atoms with E-state index in [1.807, 2.05) is 42.1 Å². The molecular formula is C17H19BrN2O2S. The summed E-state index contributed by atoms with van der Waals surface area (Å²) in [6.07, 6.45) is 3.47. The molecule has 1 saturated heterocycles. The van der Waals surface area contributed by atoms with Gasteiger partial charge in [-0.15, -0.1) is 0 Å². The van der Waals surface area contributed by atoms with Crippen LogP contribution in [-0.2, 0) is 0 Å². The van der Waals surface area contributed by atoms with Gasteiger partial charge in [0.15, 0.2) is 0 Å². The molecule has 4 nitrogen and oxygen atoms in total. The Kier molecular flexibility index (Phi) is 5.80. The number of thioether (sulfide) groups is 1. The van der Waals surface area contributed by atoms with Crippen LogP contribution in [-0.4, -0.2) is 41.9 Å². The smallest absolute Gasteiger partial charge is 0.251 e. The highest BCUT2D eigenvalue weighted by molar-refractivity contribution is 9.10. The van der Waals surface area contributed by atoms with E-state index in [1.165, 1.54) is 0 Å². The Morgan fingerprint density at radius 1 is 1.26 bits per heavy atom. The summed E-state index contributed by atoms with van der Waals surface area (Å²) in [4.78, 5) is 14.8. The summed E-state index contributed by atoms with van der Waals surface area (Å²) in [5, 5.41) is 3.06. The van der Waals surface area contributed by atoms with Crippen molar-refractivity contribution in [3.63, 3.8) is 0 Å². The van der Waals surface area contributed by atoms with Gasteiger partial charge in [0.05, 0.1) is 18.6 Å². The van der Waals surface area contributed by atoms with Gasteiger partial charge < -0.3 is 9.73 Å². The lowest BCUT2D eigenvalue weighted by Gasteiger charge is -2.34. The molecule has 1 aliphatic rings. The Labute approximate surface area is 148 Å². The lowest BCUT2D eigenvalue weighted by atomic mass is 10.1. The van der Waals surface area contributed by atoms with Crippen molar-refractivity contribution >= 4 is 33.6 Å². The maximum atomic E-state index is 12.3. The molecule has 1 aliphatic heterocycles. The molecule has 1 N–H and O–H groups in total. The number of amides is 1. The number of hydrogen-bond acceptors (Lipinski definition) is 4. The van der Waals surface area contributed by atoms with Crippen LogP contribution in [0.15, 0.2) is 51.7 Å². The first-order valence-corrected chi connectivity index (χ1v) is 9.56. The number of furan rings is 1. The predicted octanol–water partition coefficient (Wildman–Crippen LogP) is 3.56. The van der Waals surface area contributed by atoms with Crippen molar-refractivity contribution in [2.45, 2.75) is 6.04 Å². The highest BCUT2D eigenvalue weighted by Crippen LogP contribution is 2.24. The SMILES string of the molecule is O=C(NC[C@H](c1ccoc1)N1CCSCC1)c1ccc(Br)cc1. The van der Waals surface area contributed by atoms with Crippen molar-refractivity contribution in [2.75, 3.05) is 31.1 Å². The van der Waals surface area contributed by atoms with Crippen molar-refractivity contribution in [3.8, 4) is 0 Å². The van der Waals surface area contributed by atoms with Crippen LogP contribution in [0.25, 0.3) is 0 Å². The second-order valence-electron chi connectivity index (χ2n) is 5.44. The quantitative estimate of drug-likeness (QED) is 0.841. The fourth-order valence-corrected chi connectivity index (χ4v) is 3.90. The molecule has 0 unspecified atom stereocenters. The van der Waals surface area contributed by atoms with E-state index < -0.39 is 0 Å². The third-order valence-electron chi connectivity index (χ3n) is 3.98. The Morgan fingerprint density at radius 3 is 2.65 bits per heavy atom. The van der Waals surface area contributed by atoms with Gasteiger partial charge in [-0.1, -0.05) is 15.9 Å². The van der Waals surface area contributed by atoms with Crippen LogP contribution in [0, 0.1) is 0 Å². The van der Waals surface area contributed by atoms with Crippen LogP contribution >= 0.6 is 27.7 Å². The standard InChI is InChI=1S/C17H19BrN2O2S/c18-15-3-1-13(2-4-15)17(21)19-11-16(14-5-8-22-12-14)20-6-9-23-10-7-20/h1-5,8,12,16H,6-7,9-11H2,(H,19,21)/t16-/m1/s1. The van der Waals surface area contributed by atoms with Gasteiger partial charge in [0.25, 0.3) is 5.91 Å². The number of carbonyl (C=O) groups is 1. The molecule has 23 heavy (non-hydrogen) atoms. The predicted molar refractivity (Wildman–Crippen MR) is 96.8 cm³/mol.